The van der Waals surface area contributed by atoms with Crippen LogP contribution in [-0.4, -0.2) is 22.7 Å². The number of fused-ring (bicyclic) bond motifs is 1. The molecule has 18 heavy (non-hydrogen) atoms. The van der Waals surface area contributed by atoms with E-state index in [2.05, 4.69) is 23.3 Å². The minimum absolute atomic E-state index is 0.0774. The van der Waals surface area contributed by atoms with Crippen molar-refractivity contribution in [2.75, 3.05) is 5.75 Å². The van der Waals surface area contributed by atoms with Crippen LogP contribution in [0.5, 0.6) is 0 Å². The average molecular weight is 280 g/mol. The molecule has 1 N–H and O–H groups in total. The smallest absolute Gasteiger partial charge is 0.230 e. The van der Waals surface area contributed by atoms with Crippen molar-refractivity contribution in [3.05, 3.63) is 24.3 Å². The Labute approximate surface area is 115 Å². The molecule has 0 aliphatic carbocycles. The molecule has 1 atom stereocenters. The summed E-state index contributed by atoms with van der Waals surface area (Å²) in [5.41, 5.74) is 1.01. The molecule has 0 unspecified atom stereocenters. The van der Waals surface area contributed by atoms with Crippen molar-refractivity contribution in [1.82, 2.24) is 10.3 Å². The highest BCUT2D eigenvalue weighted by atomic mass is 32.2. The van der Waals surface area contributed by atoms with Gasteiger partial charge in [-0.2, -0.15) is 0 Å². The monoisotopic (exact) mass is 280 g/mol. The number of thiazole rings is 1. The highest BCUT2D eigenvalue weighted by molar-refractivity contribution is 8.01. The first-order valence-corrected chi connectivity index (χ1v) is 7.77. The van der Waals surface area contributed by atoms with Crippen LogP contribution in [0.25, 0.3) is 10.2 Å². The van der Waals surface area contributed by atoms with Gasteiger partial charge >= 0.3 is 0 Å². The number of amides is 1. The number of rotatable bonds is 5. The van der Waals surface area contributed by atoms with Crippen LogP contribution in [-0.2, 0) is 4.79 Å². The molecule has 1 aromatic heterocycles. The number of thioether (sulfide) groups is 1. The van der Waals surface area contributed by atoms with E-state index in [1.807, 2.05) is 25.1 Å². The minimum atomic E-state index is 0.0774. The summed E-state index contributed by atoms with van der Waals surface area (Å²) in [6, 6.07) is 8.27. The van der Waals surface area contributed by atoms with Crippen molar-refractivity contribution in [2.45, 2.75) is 30.6 Å². The van der Waals surface area contributed by atoms with E-state index in [1.165, 1.54) is 16.5 Å². The van der Waals surface area contributed by atoms with E-state index >= 15 is 0 Å². The van der Waals surface area contributed by atoms with Gasteiger partial charge in [0, 0.05) is 6.04 Å². The van der Waals surface area contributed by atoms with E-state index in [1.54, 1.807) is 11.3 Å². The number of nitrogens with one attached hydrogen (secondary N) is 1. The van der Waals surface area contributed by atoms with Gasteiger partial charge in [0.15, 0.2) is 4.34 Å². The van der Waals surface area contributed by atoms with Crippen molar-refractivity contribution in [2.24, 2.45) is 0 Å². The molecule has 0 spiro atoms. The van der Waals surface area contributed by atoms with Crippen LogP contribution in [0.1, 0.15) is 20.3 Å². The Bertz CT molecular complexity index is 506. The van der Waals surface area contributed by atoms with Crippen LogP contribution in [0.3, 0.4) is 0 Å². The summed E-state index contributed by atoms with van der Waals surface area (Å²) in [5.74, 6) is 0.512. The van der Waals surface area contributed by atoms with Gasteiger partial charge in [-0.15, -0.1) is 11.3 Å². The topological polar surface area (TPSA) is 42.0 Å². The Morgan fingerprint density at radius 1 is 1.50 bits per heavy atom. The third-order valence-corrected chi connectivity index (χ3v) is 4.80. The Balaban J connectivity index is 1.92. The molecular formula is C13H16N2OS2. The lowest BCUT2D eigenvalue weighted by molar-refractivity contribution is -0.119. The van der Waals surface area contributed by atoms with E-state index in [9.17, 15) is 4.79 Å². The molecule has 0 fully saturated rings. The van der Waals surface area contributed by atoms with Crippen LogP contribution < -0.4 is 5.32 Å². The molecule has 0 saturated carbocycles. The average Bonchev–Trinajstić information content (AvgIpc) is 2.79. The van der Waals surface area contributed by atoms with E-state index in [4.69, 9.17) is 0 Å². The van der Waals surface area contributed by atoms with Gasteiger partial charge in [0.25, 0.3) is 0 Å². The molecule has 0 radical (unpaired) electrons. The zero-order valence-corrected chi connectivity index (χ0v) is 12.1. The van der Waals surface area contributed by atoms with E-state index in [0.29, 0.717) is 5.75 Å². The lowest BCUT2D eigenvalue weighted by Crippen LogP contribution is -2.33. The van der Waals surface area contributed by atoms with Crippen LogP contribution in [0.2, 0.25) is 0 Å². The Kier molecular flexibility index (Phi) is 4.60. The van der Waals surface area contributed by atoms with Gasteiger partial charge in [-0.1, -0.05) is 30.8 Å². The van der Waals surface area contributed by atoms with Crippen molar-refractivity contribution >= 4 is 39.2 Å². The van der Waals surface area contributed by atoms with E-state index in [-0.39, 0.29) is 11.9 Å². The summed E-state index contributed by atoms with van der Waals surface area (Å²) in [6.45, 7) is 4.08. The molecule has 0 bridgehead atoms. The number of para-hydroxylation sites is 1. The number of aromatic nitrogens is 1. The largest absolute Gasteiger partial charge is 0.353 e. The number of carbonyl (C=O) groups is 1. The third kappa shape index (κ3) is 3.46. The quantitative estimate of drug-likeness (QED) is 0.854. The Morgan fingerprint density at radius 2 is 2.28 bits per heavy atom. The first-order valence-electron chi connectivity index (χ1n) is 5.96. The summed E-state index contributed by atoms with van der Waals surface area (Å²) in [7, 11) is 0. The molecule has 96 valence electrons. The van der Waals surface area contributed by atoms with Gasteiger partial charge in [0.05, 0.1) is 16.0 Å². The highest BCUT2D eigenvalue weighted by Gasteiger charge is 2.09. The summed E-state index contributed by atoms with van der Waals surface area (Å²) < 4.78 is 2.12. The lowest BCUT2D eigenvalue weighted by atomic mass is 10.3. The lowest BCUT2D eigenvalue weighted by Gasteiger charge is -2.10. The van der Waals surface area contributed by atoms with Gasteiger partial charge in [0.1, 0.15) is 0 Å². The SMILES string of the molecule is CC[C@@H](C)NC(=O)CSc1nc2ccccc2s1. The highest BCUT2D eigenvalue weighted by Crippen LogP contribution is 2.28. The molecule has 3 nitrogen and oxygen atoms in total. The van der Waals surface area contributed by atoms with E-state index in [0.717, 1.165) is 16.3 Å². The normalized spacial score (nSPS) is 12.6. The third-order valence-electron chi connectivity index (χ3n) is 2.62. The van der Waals surface area contributed by atoms with Crippen LogP contribution in [0.4, 0.5) is 0 Å². The maximum atomic E-state index is 11.6. The van der Waals surface area contributed by atoms with Gasteiger partial charge in [0.2, 0.25) is 5.91 Å². The summed E-state index contributed by atoms with van der Waals surface area (Å²) >= 11 is 3.14. The number of benzene rings is 1. The number of nitrogens with zero attached hydrogens (tertiary/aromatic N) is 1. The molecule has 2 rings (SSSR count). The minimum Gasteiger partial charge on any atom is -0.353 e. The van der Waals surface area contributed by atoms with Crippen LogP contribution in [0.15, 0.2) is 28.6 Å². The maximum absolute atomic E-state index is 11.6. The van der Waals surface area contributed by atoms with Crippen LogP contribution >= 0.6 is 23.1 Å². The van der Waals surface area contributed by atoms with Gasteiger partial charge in [-0.05, 0) is 25.5 Å². The second kappa shape index (κ2) is 6.20. The zero-order chi connectivity index (χ0) is 13.0. The van der Waals surface area contributed by atoms with Gasteiger partial charge in [-0.3, -0.25) is 4.79 Å². The Hall–Kier alpha value is -1.07. The Morgan fingerprint density at radius 3 is 3.00 bits per heavy atom. The van der Waals surface area contributed by atoms with E-state index < -0.39 is 0 Å². The maximum Gasteiger partial charge on any atom is 0.230 e. The molecule has 0 aliphatic rings. The predicted octanol–water partition coefficient (Wildman–Crippen LogP) is 3.30. The van der Waals surface area contributed by atoms with Gasteiger partial charge in [-0.25, -0.2) is 4.98 Å². The molecular weight excluding hydrogens is 264 g/mol. The fourth-order valence-electron chi connectivity index (χ4n) is 1.46. The number of hydrogen-bond donors (Lipinski definition) is 1. The molecule has 0 aliphatic heterocycles. The van der Waals surface area contributed by atoms with Crippen molar-refractivity contribution in [3.63, 3.8) is 0 Å². The van der Waals surface area contributed by atoms with Crippen molar-refractivity contribution < 1.29 is 4.79 Å². The molecule has 0 saturated heterocycles. The zero-order valence-electron chi connectivity index (χ0n) is 10.5. The molecule has 1 amide bonds. The standard InChI is InChI=1S/C13H16N2OS2/c1-3-9(2)14-12(16)8-17-13-15-10-6-4-5-7-11(10)18-13/h4-7,9H,3,8H2,1-2H3,(H,14,16)/t9-/m1/s1. The summed E-state index contributed by atoms with van der Waals surface area (Å²) in [6.07, 6.45) is 0.956. The second-order valence-corrected chi connectivity index (χ2v) is 6.37. The summed E-state index contributed by atoms with van der Waals surface area (Å²) in [5, 5.41) is 2.95. The second-order valence-electron chi connectivity index (χ2n) is 4.11. The fraction of sp³-hybridized carbons (Fsp3) is 0.385. The first-order chi connectivity index (χ1) is 8.69. The number of hydrogen-bond acceptors (Lipinski definition) is 4. The molecule has 1 aromatic carbocycles. The first kappa shape index (κ1) is 13.4. The molecule has 5 heteroatoms. The van der Waals surface area contributed by atoms with Gasteiger partial charge < -0.3 is 5.32 Å². The van der Waals surface area contributed by atoms with Crippen molar-refractivity contribution in [1.29, 1.82) is 0 Å². The van der Waals surface area contributed by atoms with Crippen LogP contribution in [0, 0.1) is 0 Å². The number of carbonyl (C=O) groups excluding carboxylic acids is 1. The summed E-state index contributed by atoms with van der Waals surface area (Å²) in [4.78, 5) is 16.1. The van der Waals surface area contributed by atoms with Crippen molar-refractivity contribution in [3.8, 4) is 0 Å². The molecule has 2 aromatic rings. The fourth-order valence-corrected chi connectivity index (χ4v) is 3.34. The predicted molar refractivity (Wildman–Crippen MR) is 78.2 cm³/mol. The molecule has 1 heterocycles.